The van der Waals surface area contributed by atoms with Gasteiger partial charge in [-0.2, -0.15) is 0 Å². The number of nitrogens with one attached hydrogen (secondary N) is 2. The number of methoxy groups -OCH3 is 1. The van der Waals surface area contributed by atoms with Crippen LogP contribution in [-0.2, 0) is 11.2 Å². The maximum absolute atomic E-state index is 12.6. The molecule has 0 aliphatic carbocycles. The van der Waals surface area contributed by atoms with Crippen molar-refractivity contribution in [2.45, 2.75) is 27.2 Å². The number of allylic oxidation sites excluding steroid dienone is 1. The standard InChI is InChI=1S/C25H27N5O4/c1-5-33-25(31)24-22-12-20-18(13-34-23-9-6-15(2)10-16(23)3)27-28-30(20)21-11-17(32-4)7-8-19(21)29(22)14-26-24/h6-11,14,27-28H,5,12-13H2,1-4H3. The van der Waals surface area contributed by atoms with E-state index in [0.717, 1.165) is 39.8 Å². The monoisotopic (exact) mass is 461 g/mol. The van der Waals surface area contributed by atoms with Crippen molar-refractivity contribution in [1.82, 2.24) is 20.5 Å². The van der Waals surface area contributed by atoms with Crippen molar-refractivity contribution in [2.24, 2.45) is 0 Å². The summed E-state index contributed by atoms with van der Waals surface area (Å²) >= 11 is 0. The molecule has 0 unspecified atom stereocenters. The first-order valence-electron chi connectivity index (χ1n) is 11.2. The summed E-state index contributed by atoms with van der Waals surface area (Å²) < 4.78 is 18.8. The average Bonchev–Trinajstić information content (AvgIpc) is 3.40. The summed E-state index contributed by atoms with van der Waals surface area (Å²) in [6.07, 6.45) is 2.10. The maximum Gasteiger partial charge on any atom is 0.358 e. The molecule has 0 saturated heterocycles. The van der Waals surface area contributed by atoms with E-state index < -0.39 is 5.97 Å². The van der Waals surface area contributed by atoms with Crippen molar-refractivity contribution < 1.29 is 19.0 Å². The summed E-state index contributed by atoms with van der Waals surface area (Å²) in [6, 6.07) is 11.9. The summed E-state index contributed by atoms with van der Waals surface area (Å²) in [5.41, 5.74) is 13.3. The van der Waals surface area contributed by atoms with Crippen LogP contribution in [0, 0.1) is 13.8 Å². The number of nitrogens with zero attached hydrogens (tertiary/aromatic N) is 3. The Kier molecular flexibility index (Phi) is 5.62. The van der Waals surface area contributed by atoms with Crippen molar-refractivity contribution in [3.05, 3.63) is 76.6 Å². The molecule has 9 nitrogen and oxygen atoms in total. The van der Waals surface area contributed by atoms with Crippen LogP contribution in [0.5, 0.6) is 11.5 Å². The van der Waals surface area contributed by atoms with Gasteiger partial charge < -0.3 is 19.6 Å². The molecule has 0 atom stereocenters. The molecule has 0 fully saturated rings. The first-order chi connectivity index (χ1) is 16.5. The van der Waals surface area contributed by atoms with Crippen LogP contribution in [0.25, 0.3) is 5.69 Å². The fraction of sp³-hybridized carbons (Fsp3) is 0.280. The predicted molar refractivity (Wildman–Crippen MR) is 127 cm³/mol. The van der Waals surface area contributed by atoms with E-state index >= 15 is 0 Å². The number of fused-ring (bicyclic) bond motifs is 5. The number of rotatable bonds is 6. The molecule has 0 radical (unpaired) electrons. The summed E-state index contributed by atoms with van der Waals surface area (Å²) in [6.45, 7) is 6.48. The van der Waals surface area contributed by atoms with Gasteiger partial charge in [0, 0.05) is 12.5 Å². The van der Waals surface area contributed by atoms with Gasteiger partial charge in [0.2, 0.25) is 0 Å². The van der Waals surface area contributed by atoms with Crippen molar-refractivity contribution >= 4 is 11.7 Å². The van der Waals surface area contributed by atoms with E-state index in [-0.39, 0.29) is 6.61 Å². The molecule has 3 aromatic rings. The van der Waals surface area contributed by atoms with Crippen LogP contribution in [0.1, 0.15) is 34.2 Å². The largest absolute Gasteiger partial charge is 0.497 e. The highest BCUT2D eigenvalue weighted by Crippen LogP contribution is 2.38. The smallest absolute Gasteiger partial charge is 0.358 e. The van der Waals surface area contributed by atoms with Crippen LogP contribution in [0.3, 0.4) is 0 Å². The van der Waals surface area contributed by atoms with Gasteiger partial charge in [-0.1, -0.05) is 17.7 Å². The van der Waals surface area contributed by atoms with E-state index in [9.17, 15) is 4.79 Å². The van der Waals surface area contributed by atoms with Crippen molar-refractivity contribution in [1.29, 1.82) is 0 Å². The van der Waals surface area contributed by atoms with Crippen LogP contribution in [-0.4, -0.2) is 35.8 Å². The molecule has 2 N–H and O–H groups in total. The molecule has 0 bridgehead atoms. The number of imidazole rings is 1. The minimum absolute atomic E-state index is 0.284. The molecule has 176 valence electrons. The number of aryl methyl sites for hydroxylation is 2. The van der Waals surface area contributed by atoms with E-state index in [0.29, 0.717) is 24.5 Å². The fourth-order valence-electron chi connectivity index (χ4n) is 4.31. The highest BCUT2D eigenvalue weighted by Gasteiger charge is 2.33. The van der Waals surface area contributed by atoms with Gasteiger partial charge in [0.25, 0.3) is 0 Å². The number of hydrazine groups is 2. The second-order valence-electron chi connectivity index (χ2n) is 8.22. The summed E-state index contributed by atoms with van der Waals surface area (Å²) in [5, 5.41) is 1.96. The van der Waals surface area contributed by atoms with Crippen molar-refractivity contribution in [3.63, 3.8) is 0 Å². The zero-order chi connectivity index (χ0) is 23.8. The Labute approximate surface area is 197 Å². The molecule has 0 saturated carbocycles. The molecule has 2 aliphatic heterocycles. The Balaban J connectivity index is 1.58. The lowest BCUT2D eigenvalue weighted by Gasteiger charge is -2.21. The van der Waals surface area contributed by atoms with E-state index in [1.165, 1.54) is 5.56 Å². The van der Waals surface area contributed by atoms with Gasteiger partial charge in [-0.15, -0.1) is 5.53 Å². The van der Waals surface area contributed by atoms with E-state index in [4.69, 9.17) is 14.2 Å². The fourth-order valence-corrected chi connectivity index (χ4v) is 4.31. The van der Waals surface area contributed by atoms with Gasteiger partial charge in [0.15, 0.2) is 5.69 Å². The average molecular weight is 462 g/mol. The quantitative estimate of drug-likeness (QED) is 0.541. The normalized spacial score (nSPS) is 14.1. The van der Waals surface area contributed by atoms with Crippen LogP contribution in [0.15, 0.2) is 54.1 Å². The Bertz CT molecular complexity index is 1300. The molecule has 3 heterocycles. The van der Waals surface area contributed by atoms with Crippen LogP contribution >= 0.6 is 0 Å². The zero-order valence-corrected chi connectivity index (χ0v) is 19.6. The molecular weight excluding hydrogens is 434 g/mol. The minimum atomic E-state index is -0.438. The minimum Gasteiger partial charge on any atom is -0.497 e. The number of carbonyl (C=O) groups is 1. The number of ether oxygens (including phenoxy) is 3. The van der Waals surface area contributed by atoms with Gasteiger partial charge in [-0.05, 0) is 44.5 Å². The molecule has 2 aliphatic rings. The number of anilines is 1. The Morgan fingerprint density at radius 1 is 1.15 bits per heavy atom. The van der Waals surface area contributed by atoms with Crippen LogP contribution in [0.2, 0.25) is 0 Å². The summed E-state index contributed by atoms with van der Waals surface area (Å²) in [4.78, 5) is 17.0. The third-order valence-electron chi connectivity index (χ3n) is 5.99. The lowest BCUT2D eigenvalue weighted by atomic mass is 10.1. The number of esters is 1. The number of aromatic nitrogens is 2. The third kappa shape index (κ3) is 3.73. The van der Waals surface area contributed by atoms with Gasteiger partial charge in [-0.25, -0.2) is 9.78 Å². The van der Waals surface area contributed by atoms with Crippen LogP contribution < -0.4 is 25.4 Å². The summed E-state index contributed by atoms with van der Waals surface area (Å²) in [5.74, 6) is 1.10. The zero-order valence-electron chi connectivity index (χ0n) is 19.6. The highest BCUT2D eigenvalue weighted by molar-refractivity contribution is 5.89. The predicted octanol–water partition coefficient (Wildman–Crippen LogP) is 3.35. The molecule has 9 heteroatoms. The molecule has 34 heavy (non-hydrogen) atoms. The van der Waals surface area contributed by atoms with E-state index in [1.807, 2.05) is 46.8 Å². The van der Waals surface area contributed by atoms with E-state index in [1.54, 1.807) is 20.4 Å². The maximum atomic E-state index is 12.6. The highest BCUT2D eigenvalue weighted by atomic mass is 16.5. The third-order valence-corrected chi connectivity index (χ3v) is 5.99. The lowest BCUT2D eigenvalue weighted by Crippen LogP contribution is -2.38. The molecule has 0 amide bonds. The van der Waals surface area contributed by atoms with Gasteiger partial charge in [-0.3, -0.25) is 9.58 Å². The number of hydrogen-bond donors (Lipinski definition) is 2. The summed E-state index contributed by atoms with van der Waals surface area (Å²) in [7, 11) is 1.63. The molecule has 0 spiro atoms. The number of hydrogen-bond acceptors (Lipinski definition) is 8. The van der Waals surface area contributed by atoms with Gasteiger partial charge >= 0.3 is 5.97 Å². The molecule has 1 aromatic heterocycles. The first kappa shape index (κ1) is 21.8. The molecular formula is C25H27N5O4. The van der Waals surface area contributed by atoms with Gasteiger partial charge in [0.1, 0.15) is 24.4 Å². The van der Waals surface area contributed by atoms with Gasteiger partial charge in [0.05, 0.1) is 42.2 Å². The Morgan fingerprint density at radius 3 is 2.76 bits per heavy atom. The first-order valence-corrected chi connectivity index (χ1v) is 11.2. The van der Waals surface area contributed by atoms with Crippen LogP contribution in [0.4, 0.5) is 5.69 Å². The Hall–Kier alpha value is -3.98. The topological polar surface area (TPSA) is 89.9 Å². The number of benzene rings is 2. The van der Waals surface area contributed by atoms with Crippen molar-refractivity contribution in [2.75, 3.05) is 25.3 Å². The molecule has 2 aromatic carbocycles. The molecule has 5 rings (SSSR count). The van der Waals surface area contributed by atoms with Crippen molar-refractivity contribution in [3.8, 4) is 17.2 Å². The lowest BCUT2D eigenvalue weighted by molar-refractivity contribution is 0.0519. The second kappa shape index (κ2) is 8.75. The Morgan fingerprint density at radius 2 is 2.00 bits per heavy atom. The second-order valence-corrected chi connectivity index (χ2v) is 8.22. The number of carbonyl (C=O) groups excluding carboxylic acids is 1. The SMILES string of the molecule is CCOC(=O)c1ncn2c1CC1=C(COc3ccc(C)cc3C)NNN1c1cc(OC)ccc1-2. The van der Waals surface area contributed by atoms with E-state index in [2.05, 4.69) is 28.9 Å².